The van der Waals surface area contributed by atoms with Gasteiger partial charge in [-0.15, -0.1) is 0 Å². The molecule has 5 nitrogen and oxygen atoms in total. The number of carbonyl (C=O) groups is 2. The molecule has 1 atom stereocenters. The fourth-order valence-corrected chi connectivity index (χ4v) is 1.58. The number of hydrogen-bond donors (Lipinski definition) is 3. The number of nitrogens with one attached hydrogen (secondary N) is 2. The Labute approximate surface area is 106 Å². The van der Waals surface area contributed by atoms with Gasteiger partial charge in [-0.3, -0.25) is 0 Å². The van der Waals surface area contributed by atoms with Crippen LogP contribution in [0.2, 0.25) is 0 Å². The molecular formula is C11H20N2O3S. The molecule has 0 spiro atoms. The molecule has 17 heavy (non-hydrogen) atoms. The summed E-state index contributed by atoms with van der Waals surface area (Å²) in [6.07, 6.45) is 3.74. The molecule has 98 valence electrons. The quantitative estimate of drug-likeness (QED) is 0.672. The number of carboxylic acids is 1. The topological polar surface area (TPSA) is 78.4 Å². The van der Waals surface area contributed by atoms with Crippen molar-refractivity contribution in [2.75, 3.05) is 12.8 Å². The average molecular weight is 260 g/mol. The molecule has 0 radical (unpaired) electrons. The monoisotopic (exact) mass is 260 g/mol. The molecule has 1 unspecified atom stereocenters. The van der Waals surface area contributed by atoms with Gasteiger partial charge in [0.1, 0.15) is 6.04 Å². The van der Waals surface area contributed by atoms with E-state index >= 15 is 0 Å². The van der Waals surface area contributed by atoms with Gasteiger partial charge >= 0.3 is 12.0 Å². The second kappa shape index (κ2) is 5.62. The molecule has 1 aliphatic rings. The number of thioether (sulfide) groups is 1. The van der Waals surface area contributed by atoms with E-state index in [4.69, 9.17) is 5.11 Å². The van der Waals surface area contributed by atoms with E-state index in [0.29, 0.717) is 6.54 Å². The Morgan fingerprint density at radius 2 is 2.06 bits per heavy atom. The first-order valence-corrected chi connectivity index (χ1v) is 6.90. The van der Waals surface area contributed by atoms with Crippen molar-refractivity contribution in [3.63, 3.8) is 0 Å². The van der Waals surface area contributed by atoms with Gasteiger partial charge in [-0.25, -0.2) is 9.59 Å². The van der Waals surface area contributed by atoms with Crippen molar-refractivity contribution < 1.29 is 14.7 Å². The van der Waals surface area contributed by atoms with Gasteiger partial charge in [0.05, 0.1) is 0 Å². The molecule has 2 amide bonds. The lowest BCUT2D eigenvalue weighted by Gasteiger charge is -2.23. The Hall–Kier alpha value is -0.910. The molecular weight excluding hydrogens is 240 g/mol. The lowest BCUT2D eigenvalue weighted by molar-refractivity contribution is -0.139. The molecule has 0 aliphatic heterocycles. The maximum absolute atomic E-state index is 11.6. The highest BCUT2D eigenvalue weighted by Crippen LogP contribution is 2.32. The highest BCUT2D eigenvalue weighted by molar-refractivity contribution is 7.99. The molecule has 0 aromatic rings. The van der Waals surface area contributed by atoms with Crippen molar-refractivity contribution in [1.82, 2.24) is 10.6 Å². The zero-order chi connectivity index (χ0) is 13.1. The summed E-state index contributed by atoms with van der Waals surface area (Å²) in [6.45, 7) is 4.55. The van der Waals surface area contributed by atoms with Crippen molar-refractivity contribution in [3.8, 4) is 0 Å². The number of aliphatic carboxylic acids is 1. The summed E-state index contributed by atoms with van der Waals surface area (Å²) in [6, 6.07) is -1.14. The van der Waals surface area contributed by atoms with Gasteiger partial charge in [0, 0.05) is 11.3 Å². The largest absolute Gasteiger partial charge is 0.480 e. The summed E-state index contributed by atoms with van der Waals surface area (Å²) in [5.74, 6) is -0.849. The second-order valence-corrected chi connectivity index (χ2v) is 6.46. The smallest absolute Gasteiger partial charge is 0.326 e. The first kappa shape index (κ1) is 14.2. The molecule has 1 aliphatic carbocycles. The molecule has 0 bridgehead atoms. The van der Waals surface area contributed by atoms with E-state index in [9.17, 15) is 9.59 Å². The molecule has 1 rings (SSSR count). The van der Waals surface area contributed by atoms with Crippen molar-refractivity contribution in [3.05, 3.63) is 0 Å². The first-order chi connectivity index (χ1) is 7.85. The Morgan fingerprint density at radius 3 is 2.47 bits per heavy atom. The maximum Gasteiger partial charge on any atom is 0.326 e. The van der Waals surface area contributed by atoms with E-state index in [-0.39, 0.29) is 10.7 Å². The summed E-state index contributed by atoms with van der Waals surface area (Å²) in [4.78, 5) is 22.5. The van der Waals surface area contributed by atoms with Crippen molar-refractivity contribution >= 4 is 23.8 Å². The number of urea groups is 1. The van der Waals surface area contributed by atoms with E-state index in [2.05, 4.69) is 10.6 Å². The van der Waals surface area contributed by atoms with Crippen molar-refractivity contribution in [2.45, 2.75) is 37.5 Å². The van der Waals surface area contributed by atoms with Crippen LogP contribution in [0, 0.1) is 5.92 Å². The lowest BCUT2D eigenvalue weighted by Crippen LogP contribution is -2.49. The number of rotatable bonds is 6. The summed E-state index contributed by atoms with van der Waals surface area (Å²) in [5, 5.41) is 14.2. The highest BCUT2D eigenvalue weighted by Gasteiger charge is 2.37. The van der Waals surface area contributed by atoms with Gasteiger partial charge in [0.25, 0.3) is 0 Å². The van der Waals surface area contributed by atoms with Crippen LogP contribution >= 0.6 is 11.8 Å². The third-order valence-corrected chi connectivity index (χ3v) is 4.12. The number of hydrogen-bond acceptors (Lipinski definition) is 3. The SMILES string of the molecule is CSC(C)(C)CNC(=O)NC(C(=O)O)C1CC1. The molecule has 6 heteroatoms. The maximum atomic E-state index is 11.6. The van der Waals surface area contributed by atoms with Crippen LogP contribution in [-0.4, -0.2) is 40.7 Å². The fraction of sp³-hybridized carbons (Fsp3) is 0.818. The van der Waals surface area contributed by atoms with Crippen LogP contribution in [0.15, 0.2) is 0 Å². The molecule has 0 aromatic heterocycles. The minimum Gasteiger partial charge on any atom is -0.480 e. The van der Waals surface area contributed by atoms with Crippen molar-refractivity contribution in [1.29, 1.82) is 0 Å². The minimum atomic E-state index is -0.952. The van der Waals surface area contributed by atoms with E-state index in [1.807, 2.05) is 20.1 Å². The molecule has 0 aromatic carbocycles. The predicted molar refractivity (Wildman–Crippen MR) is 68.3 cm³/mol. The number of carboxylic acid groups (broad SMARTS) is 1. The van der Waals surface area contributed by atoms with Crippen LogP contribution < -0.4 is 10.6 Å². The number of carbonyl (C=O) groups excluding carboxylic acids is 1. The van der Waals surface area contributed by atoms with E-state index in [0.717, 1.165) is 12.8 Å². The molecule has 0 saturated heterocycles. The zero-order valence-electron chi connectivity index (χ0n) is 10.4. The van der Waals surface area contributed by atoms with Crippen molar-refractivity contribution in [2.24, 2.45) is 5.92 Å². The Bertz CT molecular complexity index is 303. The Kier molecular flexibility index (Phi) is 4.68. The number of amides is 2. The van der Waals surface area contributed by atoms with E-state index in [1.54, 1.807) is 11.8 Å². The van der Waals surface area contributed by atoms with Crippen LogP contribution in [0.25, 0.3) is 0 Å². The van der Waals surface area contributed by atoms with Crippen LogP contribution in [-0.2, 0) is 4.79 Å². The van der Waals surface area contributed by atoms with E-state index < -0.39 is 18.0 Å². The summed E-state index contributed by atoms with van der Waals surface area (Å²) in [5.41, 5.74) is 0. The summed E-state index contributed by atoms with van der Waals surface area (Å²) in [7, 11) is 0. The van der Waals surface area contributed by atoms with Crippen LogP contribution in [0.5, 0.6) is 0 Å². The van der Waals surface area contributed by atoms with Gasteiger partial charge < -0.3 is 15.7 Å². The van der Waals surface area contributed by atoms with Crippen LogP contribution in [0.1, 0.15) is 26.7 Å². The van der Waals surface area contributed by atoms with Gasteiger partial charge in [-0.05, 0) is 38.9 Å². The third-order valence-electron chi connectivity index (χ3n) is 2.87. The Morgan fingerprint density at radius 1 is 1.47 bits per heavy atom. The second-order valence-electron chi connectivity index (χ2n) is 4.94. The molecule has 1 fully saturated rings. The highest BCUT2D eigenvalue weighted by atomic mass is 32.2. The average Bonchev–Trinajstić information content (AvgIpc) is 3.06. The first-order valence-electron chi connectivity index (χ1n) is 5.68. The Balaban J connectivity index is 2.35. The third kappa shape index (κ3) is 4.85. The molecule has 1 saturated carbocycles. The van der Waals surface area contributed by atoms with Gasteiger partial charge in [-0.1, -0.05) is 0 Å². The van der Waals surface area contributed by atoms with Crippen LogP contribution in [0.3, 0.4) is 0 Å². The standard InChI is InChI=1S/C11H20N2O3S/c1-11(2,17-3)6-12-10(16)13-8(9(14)15)7-4-5-7/h7-8H,4-6H2,1-3H3,(H,14,15)(H2,12,13,16). The predicted octanol–water partition coefficient (Wildman–Crippen LogP) is 1.29. The van der Waals surface area contributed by atoms with E-state index in [1.165, 1.54) is 0 Å². The summed E-state index contributed by atoms with van der Waals surface area (Å²) < 4.78 is -0.0460. The zero-order valence-corrected chi connectivity index (χ0v) is 11.3. The molecule has 3 N–H and O–H groups in total. The van der Waals surface area contributed by atoms with Gasteiger partial charge in [-0.2, -0.15) is 11.8 Å². The lowest BCUT2D eigenvalue weighted by atomic mass is 10.2. The van der Waals surface area contributed by atoms with Gasteiger partial charge in [0.2, 0.25) is 0 Å². The van der Waals surface area contributed by atoms with Gasteiger partial charge in [0.15, 0.2) is 0 Å². The molecule has 0 heterocycles. The summed E-state index contributed by atoms with van der Waals surface area (Å²) >= 11 is 1.65. The normalized spacial score (nSPS) is 17.4. The van der Waals surface area contributed by atoms with Crippen LogP contribution in [0.4, 0.5) is 4.79 Å². The minimum absolute atomic E-state index is 0.0460. The fourth-order valence-electron chi connectivity index (χ4n) is 1.37.